The van der Waals surface area contributed by atoms with Crippen molar-refractivity contribution in [3.63, 3.8) is 0 Å². The van der Waals surface area contributed by atoms with Gasteiger partial charge in [0, 0.05) is 32.2 Å². The topological polar surface area (TPSA) is 68.8 Å². The SMILES string of the molecule is CCN(CC)CCCC(C)NC(=NC)NCc1ccc(C(=O)NC)cc1. The Labute approximate surface area is 158 Å². The molecule has 0 spiro atoms. The Morgan fingerprint density at radius 1 is 1.19 bits per heavy atom. The molecule has 1 amide bonds. The molecule has 0 radical (unpaired) electrons. The first kappa shape index (κ1) is 22.0. The lowest BCUT2D eigenvalue weighted by molar-refractivity contribution is 0.0963. The van der Waals surface area contributed by atoms with Crippen LogP contribution in [0.4, 0.5) is 0 Å². The summed E-state index contributed by atoms with van der Waals surface area (Å²) in [5.74, 6) is 0.733. The molecule has 1 aromatic rings. The van der Waals surface area contributed by atoms with Crippen molar-refractivity contribution in [3.05, 3.63) is 35.4 Å². The van der Waals surface area contributed by atoms with Crippen LogP contribution in [-0.4, -0.2) is 56.5 Å². The average molecular weight is 362 g/mol. The molecule has 0 fully saturated rings. The van der Waals surface area contributed by atoms with Crippen molar-refractivity contribution in [2.75, 3.05) is 33.7 Å². The quantitative estimate of drug-likeness (QED) is 0.441. The summed E-state index contributed by atoms with van der Waals surface area (Å²) >= 11 is 0. The molecule has 0 aliphatic heterocycles. The van der Waals surface area contributed by atoms with Crippen LogP contribution < -0.4 is 16.0 Å². The van der Waals surface area contributed by atoms with Crippen LogP contribution in [0.2, 0.25) is 0 Å². The Morgan fingerprint density at radius 3 is 2.38 bits per heavy atom. The molecule has 3 N–H and O–H groups in total. The summed E-state index contributed by atoms with van der Waals surface area (Å²) in [6.45, 7) is 10.6. The molecular weight excluding hydrogens is 326 g/mol. The Kier molecular flexibility index (Phi) is 10.4. The van der Waals surface area contributed by atoms with Crippen LogP contribution in [0.25, 0.3) is 0 Å². The maximum atomic E-state index is 11.6. The first-order valence-electron chi connectivity index (χ1n) is 9.54. The molecule has 1 rings (SSSR count). The number of aliphatic imine (C=N–C) groups is 1. The zero-order valence-corrected chi connectivity index (χ0v) is 16.9. The fourth-order valence-corrected chi connectivity index (χ4v) is 2.77. The van der Waals surface area contributed by atoms with Gasteiger partial charge in [-0.2, -0.15) is 0 Å². The summed E-state index contributed by atoms with van der Waals surface area (Å²) in [4.78, 5) is 18.3. The van der Waals surface area contributed by atoms with E-state index in [1.165, 1.54) is 6.42 Å². The van der Waals surface area contributed by atoms with Crippen molar-refractivity contribution in [1.29, 1.82) is 0 Å². The summed E-state index contributed by atoms with van der Waals surface area (Å²) in [6, 6.07) is 7.95. The number of nitrogens with one attached hydrogen (secondary N) is 3. The predicted octanol–water partition coefficient (Wildman–Crippen LogP) is 2.22. The minimum atomic E-state index is -0.0690. The Hall–Kier alpha value is -2.08. The van der Waals surface area contributed by atoms with Crippen LogP contribution in [0.1, 0.15) is 49.5 Å². The number of hydrogen-bond acceptors (Lipinski definition) is 3. The van der Waals surface area contributed by atoms with E-state index in [9.17, 15) is 4.79 Å². The standard InChI is InChI=1S/C20H35N5O/c1-6-25(7-2)14-8-9-16(3)24-20(22-5)23-15-17-10-12-18(13-11-17)19(26)21-4/h10-13,16H,6-9,14-15H2,1-5H3,(H,21,26)(H2,22,23,24). The average Bonchev–Trinajstić information content (AvgIpc) is 2.68. The zero-order valence-electron chi connectivity index (χ0n) is 16.9. The minimum Gasteiger partial charge on any atom is -0.355 e. The molecule has 0 saturated carbocycles. The number of nitrogens with zero attached hydrogens (tertiary/aromatic N) is 2. The number of carbonyl (C=O) groups excluding carboxylic acids is 1. The van der Waals surface area contributed by atoms with Crippen LogP contribution in [0.15, 0.2) is 29.3 Å². The van der Waals surface area contributed by atoms with E-state index >= 15 is 0 Å². The largest absolute Gasteiger partial charge is 0.355 e. The number of carbonyl (C=O) groups is 1. The van der Waals surface area contributed by atoms with Crippen LogP contribution in [0.5, 0.6) is 0 Å². The number of guanidine groups is 1. The monoisotopic (exact) mass is 361 g/mol. The van der Waals surface area contributed by atoms with Gasteiger partial charge in [0.25, 0.3) is 5.91 Å². The van der Waals surface area contributed by atoms with E-state index in [-0.39, 0.29) is 5.91 Å². The van der Waals surface area contributed by atoms with Crippen molar-refractivity contribution in [2.45, 2.75) is 46.2 Å². The van der Waals surface area contributed by atoms with Crippen molar-refractivity contribution < 1.29 is 4.79 Å². The lowest BCUT2D eigenvalue weighted by Crippen LogP contribution is -2.42. The number of hydrogen-bond donors (Lipinski definition) is 3. The van der Waals surface area contributed by atoms with Crippen molar-refractivity contribution in [3.8, 4) is 0 Å². The zero-order chi connectivity index (χ0) is 19.4. The van der Waals surface area contributed by atoms with E-state index in [1.54, 1.807) is 14.1 Å². The van der Waals surface area contributed by atoms with E-state index in [4.69, 9.17) is 0 Å². The maximum absolute atomic E-state index is 11.6. The molecule has 1 atom stereocenters. The minimum absolute atomic E-state index is 0.0690. The van der Waals surface area contributed by atoms with Gasteiger partial charge in [-0.3, -0.25) is 9.79 Å². The molecule has 0 aliphatic carbocycles. The van der Waals surface area contributed by atoms with Gasteiger partial charge in [0.15, 0.2) is 5.96 Å². The van der Waals surface area contributed by atoms with E-state index in [2.05, 4.69) is 46.6 Å². The van der Waals surface area contributed by atoms with Crippen LogP contribution >= 0.6 is 0 Å². The fraction of sp³-hybridized carbons (Fsp3) is 0.600. The molecular formula is C20H35N5O. The number of benzene rings is 1. The van der Waals surface area contributed by atoms with E-state index < -0.39 is 0 Å². The van der Waals surface area contributed by atoms with Gasteiger partial charge in [0.05, 0.1) is 0 Å². The molecule has 146 valence electrons. The maximum Gasteiger partial charge on any atom is 0.251 e. The lowest BCUT2D eigenvalue weighted by atomic mass is 10.1. The summed E-state index contributed by atoms with van der Waals surface area (Å²) in [5.41, 5.74) is 1.77. The molecule has 1 unspecified atom stereocenters. The first-order chi connectivity index (χ1) is 12.5. The molecule has 26 heavy (non-hydrogen) atoms. The van der Waals surface area contributed by atoms with Crippen LogP contribution in [0, 0.1) is 0 Å². The molecule has 6 nitrogen and oxygen atoms in total. The molecule has 0 saturated heterocycles. The Bertz CT molecular complexity index is 552. The van der Waals surface area contributed by atoms with Crippen molar-refractivity contribution in [1.82, 2.24) is 20.9 Å². The Morgan fingerprint density at radius 2 is 1.85 bits per heavy atom. The van der Waals surface area contributed by atoms with Gasteiger partial charge in [-0.1, -0.05) is 26.0 Å². The highest BCUT2D eigenvalue weighted by molar-refractivity contribution is 5.93. The summed E-state index contributed by atoms with van der Waals surface area (Å²) in [6.07, 6.45) is 2.28. The summed E-state index contributed by atoms with van der Waals surface area (Å²) in [5, 5.41) is 9.40. The van der Waals surface area contributed by atoms with E-state index in [1.807, 2.05) is 24.3 Å². The third kappa shape index (κ3) is 7.87. The second-order valence-electron chi connectivity index (χ2n) is 6.42. The highest BCUT2D eigenvalue weighted by Crippen LogP contribution is 2.04. The highest BCUT2D eigenvalue weighted by atomic mass is 16.1. The molecule has 0 aliphatic rings. The summed E-state index contributed by atoms with van der Waals surface area (Å²) < 4.78 is 0. The number of amides is 1. The van der Waals surface area contributed by atoms with Gasteiger partial charge in [0.2, 0.25) is 0 Å². The van der Waals surface area contributed by atoms with Crippen molar-refractivity contribution in [2.24, 2.45) is 4.99 Å². The van der Waals surface area contributed by atoms with E-state index in [0.29, 0.717) is 18.2 Å². The predicted molar refractivity (Wildman–Crippen MR) is 110 cm³/mol. The van der Waals surface area contributed by atoms with Gasteiger partial charge in [-0.25, -0.2) is 0 Å². The highest BCUT2D eigenvalue weighted by Gasteiger charge is 2.07. The van der Waals surface area contributed by atoms with Gasteiger partial charge in [0.1, 0.15) is 0 Å². The molecule has 1 aromatic carbocycles. The molecule has 6 heteroatoms. The van der Waals surface area contributed by atoms with Crippen LogP contribution in [0.3, 0.4) is 0 Å². The number of rotatable bonds is 10. The first-order valence-corrected chi connectivity index (χ1v) is 9.54. The molecule has 0 heterocycles. The van der Waals surface area contributed by atoms with Gasteiger partial charge < -0.3 is 20.9 Å². The van der Waals surface area contributed by atoms with E-state index in [0.717, 1.165) is 37.6 Å². The second-order valence-corrected chi connectivity index (χ2v) is 6.42. The van der Waals surface area contributed by atoms with Gasteiger partial charge in [-0.15, -0.1) is 0 Å². The van der Waals surface area contributed by atoms with Crippen LogP contribution in [-0.2, 0) is 6.54 Å². The Balaban J connectivity index is 2.39. The normalized spacial score (nSPS) is 12.8. The third-order valence-corrected chi connectivity index (χ3v) is 4.52. The molecule has 0 aromatic heterocycles. The lowest BCUT2D eigenvalue weighted by Gasteiger charge is -2.21. The van der Waals surface area contributed by atoms with Gasteiger partial charge in [-0.05, 0) is 57.1 Å². The molecule has 0 bridgehead atoms. The third-order valence-electron chi connectivity index (χ3n) is 4.52. The van der Waals surface area contributed by atoms with Crippen molar-refractivity contribution >= 4 is 11.9 Å². The van der Waals surface area contributed by atoms with Gasteiger partial charge >= 0.3 is 0 Å². The fourth-order valence-electron chi connectivity index (χ4n) is 2.77. The summed E-state index contributed by atoms with van der Waals surface area (Å²) in [7, 11) is 3.42. The smallest absolute Gasteiger partial charge is 0.251 e. The second kappa shape index (κ2) is 12.3.